The van der Waals surface area contributed by atoms with Crippen LogP contribution in [0.25, 0.3) is 0 Å². The van der Waals surface area contributed by atoms with Crippen LogP contribution in [0.2, 0.25) is 5.02 Å². The number of amides is 1. The summed E-state index contributed by atoms with van der Waals surface area (Å²) in [6.45, 7) is 2.23. The second kappa shape index (κ2) is 7.20. The van der Waals surface area contributed by atoms with Crippen LogP contribution in [-0.2, 0) is 4.79 Å². The Balaban J connectivity index is 1.89. The van der Waals surface area contributed by atoms with Crippen molar-refractivity contribution in [1.29, 1.82) is 0 Å². The van der Waals surface area contributed by atoms with Crippen molar-refractivity contribution >= 4 is 23.2 Å². The van der Waals surface area contributed by atoms with E-state index in [-0.39, 0.29) is 24.2 Å². The summed E-state index contributed by atoms with van der Waals surface area (Å²) in [6.07, 6.45) is 0. The number of quaternary nitrogens is 1. The molecule has 21 heavy (non-hydrogen) atoms. The van der Waals surface area contributed by atoms with Crippen molar-refractivity contribution in [2.75, 3.05) is 11.9 Å². The fourth-order valence-corrected chi connectivity index (χ4v) is 2.14. The van der Waals surface area contributed by atoms with Crippen LogP contribution in [0.5, 0.6) is 0 Å². The number of nitrogens with one attached hydrogen (secondary N) is 1. The van der Waals surface area contributed by atoms with Gasteiger partial charge in [-0.1, -0.05) is 41.9 Å². The van der Waals surface area contributed by atoms with E-state index in [1.807, 2.05) is 42.6 Å². The van der Waals surface area contributed by atoms with Gasteiger partial charge in [0, 0.05) is 10.6 Å². The molecule has 0 fully saturated rings. The molecule has 2 rings (SSSR count). The molecule has 0 aliphatic carbocycles. The highest BCUT2D eigenvalue weighted by atomic mass is 35.5. The predicted molar refractivity (Wildman–Crippen MR) is 81.7 cm³/mol. The molecule has 0 radical (unpaired) electrons. The van der Waals surface area contributed by atoms with Crippen molar-refractivity contribution in [3.05, 3.63) is 64.9 Å². The number of anilines is 1. The average Bonchev–Trinajstić information content (AvgIpc) is 2.49. The second-order valence-corrected chi connectivity index (χ2v) is 5.25. The minimum atomic E-state index is -0.496. The highest BCUT2D eigenvalue weighted by Crippen LogP contribution is 2.19. The molecule has 0 aliphatic heterocycles. The zero-order chi connectivity index (χ0) is 15.2. The fourth-order valence-electron chi connectivity index (χ4n) is 1.97. The Morgan fingerprint density at radius 3 is 2.71 bits per heavy atom. The van der Waals surface area contributed by atoms with Crippen molar-refractivity contribution in [2.45, 2.75) is 13.0 Å². The molecule has 3 N–H and O–H groups in total. The lowest BCUT2D eigenvalue weighted by Crippen LogP contribution is -2.86. The van der Waals surface area contributed by atoms with Crippen molar-refractivity contribution in [3.63, 3.8) is 0 Å². The molecule has 5 heteroatoms. The minimum absolute atomic E-state index is 0.105. The van der Waals surface area contributed by atoms with Gasteiger partial charge >= 0.3 is 0 Å². The van der Waals surface area contributed by atoms with E-state index in [1.165, 1.54) is 18.2 Å². The molecular weight excluding hydrogens is 291 g/mol. The van der Waals surface area contributed by atoms with Gasteiger partial charge in [0.1, 0.15) is 11.9 Å². The van der Waals surface area contributed by atoms with Crippen LogP contribution in [-0.4, -0.2) is 12.5 Å². The maximum atomic E-state index is 13.5. The van der Waals surface area contributed by atoms with Crippen LogP contribution in [0.1, 0.15) is 18.5 Å². The molecule has 2 aromatic carbocycles. The van der Waals surface area contributed by atoms with E-state index >= 15 is 0 Å². The second-order valence-electron chi connectivity index (χ2n) is 4.81. The Bertz CT molecular complexity index is 619. The van der Waals surface area contributed by atoms with Crippen LogP contribution >= 0.6 is 11.6 Å². The molecule has 1 amide bonds. The lowest BCUT2D eigenvalue weighted by Gasteiger charge is -2.11. The van der Waals surface area contributed by atoms with E-state index in [0.717, 1.165) is 5.56 Å². The molecule has 0 aliphatic rings. The van der Waals surface area contributed by atoms with E-state index in [4.69, 9.17) is 11.6 Å². The third-order valence-electron chi connectivity index (χ3n) is 3.18. The molecule has 0 unspecified atom stereocenters. The monoisotopic (exact) mass is 307 g/mol. The molecule has 1 atom stereocenters. The normalized spacial score (nSPS) is 12.0. The van der Waals surface area contributed by atoms with Crippen LogP contribution in [0.4, 0.5) is 10.1 Å². The van der Waals surface area contributed by atoms with Gasteiger partial charge in [0.2, 0.25) is 0 Å². The summed E-state index contributed by atoms with van der Waals surface area (Å²) in [5, 5.41) is 4.81. The molecule has 0 aromatic heterocycles. The van der Waals surface area contributed by atoms with Gasteiger partial charge in [-0.25, -0.2) is 4.39 Å². The van der Waals surface area contributed by atoms with Crippen LogP contribution in [0.3, 0.4) is 0 Å². The zero-order valence-electron chi connectivity index (χ0n) is 11.6. The van der Waals surface area contributed by atoms with Crippen molar-refractivity contribution in [2.24, 2.45) is 0 Å². The SMILES string of the molecule is C[C@H]([NH2+]CC(=O)Nc1cc(Cl)ccc1F)c1ccccc1. The lowest BCUT2D eigenvalue weighted by atomic mass is 10.1. The number of carbonyl (C=O) groups excluding carboxylic acids is 1. The minimum Gasteiger partial charge on any atom is -0.333 e. The quantitative estimate of drug-likeness (QED) is 0.876. The van der Waals surface area contributed by atoms with Gasteiger partial charge in [-0.3, -0.25) is 4.79 Å². The van der Waals surface area contributed by atoms with E-state index in [9.17, 15) is 9.18 Å². The van der Waals surface area contributed by atoms with Gasteiger partial charge in [-0.05, 0) is 25.1 Å². The standard InChI is InChI=1S/C16H16ClFN2O/c1-11(12-5-3-2-4-6-12)19-10-16(21)20-15-9-13(17)7-8-14(15)18/h2-9,11,19H,10H2,1H3,(H,20,21)/p+1/t11-/m0/s1. The van der Waals surface area contributed by atoms with Crippen molar-refractivity contribution in [3.8, 4) is 0 Å². The van der Waals surface area contributed by atoms with E-state index in [1.54, 1.807) is 0 Å². The molecule has 0 saturated carbocycles. The summed E-state index contributed by atoms with van der Waals surface area (Å²) in [4.78, 5) is 11.9. The van der Waals surface area contributed by atoms with E-state index in [0.29, 0.717) is 5.02 Å². The zero-order valence-corrected chi connectivity index (χ0v) is 12.4. The Kier molecular flexibility index (Phi) is 5.31. The van der Waals surface area contributed by atoms with Gasteiger partial charge in [0.05, 0.1) is 5.69 Å². The maximum Gasteiger partial charge on any atom is 0.279 e. The van der Waals surface area contributed by atoms with E-state index in [2.05, 4.69) is 5.32 Å². The molecule has 0 bridgehead atoms. The summed E-state index contributed by atoms with van der Waals surface area (Å²) in [7, 11) is 0. The molecule has 3 nitrogen and oxygen atoms in total. The summed E-state index contributed by atoms with van der Waals surface area (Å²) >= 11 is 5.78. The summed E-state index contributed by atoms with van der Waals surface area (Å²) in [5.74, 6) is -0.761. The highest BCUT2D eigenvalue weighted by molar-refractivity contribution is 6.30. The topological polar surface area (TPSA) is 45.7 Å². The highest BCUT2D eigenvalue weighted by Gasteiger charge is 2.13. The van der Waals surface area contributed by atoms with Crippen LogP contribution < -0.4 is 10.6 Å². The molecule has 2 aromatic rings. The lowest BCUT2D eigenvalue weighted by molar-refractivity contribution is -0.682. The van der Waals surface area contributed by atoms with E-state index < -0.39 is 5.82 Å². The third-order valence-corrected chi connectivity index (χ3v) is 3.42. The number of hydrogen-bond acceptors (Lipinski definition) is 1. The first-order chi connectivity index (χ1) is 10.1. The van der Waals surface area contributed by atoms with Crippen molar-refractivity contribution < 1.29 is 14.5 Å². The number of hydrogen-bond donors (Lipinski definition) is 2. The molecule has 110 valence electrons. The number of benzene rings is 2. The Hall–Kier alpha value is -1.91. The molecular formula is C16H17ClFN2O+. The Morgan fingerprint density at radius 1 is 1.29 bits per heavy atom. The summed E-state index contributed by atoms with van der Waals surface area (Å²) in [6, 6.07) is 14.1. The first kappa shape index (κ1) is 15.5. The van der Waals surface area contributed by atoms with Gasteiger partial charge in [0.25, 0.3) is 5.91 Å². The summed E-state index contributed by atoms with van der Waals surface area (Å²) in [5.41, 5.74) is 1.24. The predicted octanol–water partition coefficient (Wildman–Crippen LogP) is 2.74. The largest absolute Gasteiger partial charge is 0.333 e. The van der Waals surface area contributed by atoms with Gasteiger partial charge < -0.3 is 10.6 Å². The fraction of sp³-hybridized carbons (Fsp3) is 0.188. The molecule has 0 saturated heterocycles. The van der Waals surface area contributed by atoms with Gasteiger partial charge in [-0.2, -0.15) is 0 Å². The number of carbonyl (C=O) groups is 1. The van der Waals surface area contributed by atoms with Crippen LogP contribution in [0.15, 0.2) is 48.5 Å². The van der Waals surface area contributed by atoms with Crippen LogP contribution in [0, 0.1) is 5.82 Å². The molecule has 0 heterocycles. The smallest absolute Gasteiger partial charge is 0.279 e. The average molecular weight is 308 g/mol. The van der Waals surface area contributed by atoms with Gasteiger partial charge in [0.15, 0.2) is 6.54 Å². The third kappa shape index (κ3) is 4.55. The molecule has 0 spiro atoms. The number of nitrogens with two attached hydrogens (primary N) is 1. The number of rotatable bonds is 5. The maximum absolute atomic E-state index is 13.5. The Morgan fingerprint density at radius 2 is 2.00 bits per heavy atom. The summed E-state index contributed by atoms with van der Waals surface area (Å²) < 4.78 is 13.5. The van der Waals surface area contributed by atoms with Crippen molar-refractivity contribution in [1.82, 2.24) is 0 Å². The first-order valence-corrected chi connectivity index (χ1v) is 7.07. The number of halogens is 2. The first-order valence-electron chi connectivity index (χ1n) is 6.69. The van der Waals surface area contributed by atoms with Gasteiger partial charge in [-0.15, -0.1) is 0 Å². The Labute approximate surface area is 128 Å².